The van der Waals surface area contributed by atoms with E-state index < -0.39 is 0 Å². The molecule has 0 aromatic heterocycles. The molecule has 2 rings (SSSR count). The van der Waals surface area contributed by atoms with Crippen LogP contribution in [0.2, 0.25) is 0 Å². The van der Waals surface area contributed by atoms with Gasteiger partial charge in [-0.1, -0.05) is 19.4 Å². The Labute approximate surface area is 102 Å². The van der Waals surface area contributed by atoms with Crippen LogP contribution in [-0.2, 0) is 6.61 Å². The van der Waals surface area contributed by atoms with Gasteiger partial charge in [0, 0.05) is 13.1 Å². The molecule has 1 aromatic rings. The van der Waals surface area contributed by atoms with Crippen molar-refractivity contribution < 1.29 is 9.50 Å². The SMILES string of the molecule is CCCC1CCN(c2ccc(CO)cc2F)C1. The second-order valence-corrected chi connectivity index (χ2v) is 4.83. The predicted molar refractivity (Wildman–Crippen MR) is 67.6 cm³/mol. The van der Waals surface area contributed by atoms with E-state index >= 15 is 0 Å². The molecule has 0 saturated carbocycles. The largest absolute Gasteiger partial charge is 0.392 e. The van der Waals surface area contributed by atoms with Crippen molar-refractivity contribution in [2.45, 2.75) is 32.8 Å². The fourth-order valence-corrected chi connectivity index (χ4v) is 2.60. The molecular formula is C14H20FNO. The van der Waals surface area contributed by atoms with Crippen molar-refractivity contribution in [2.24, 2.45) is 5.92 Å². The lowest BCUT2D eigenvalue weighted by molar-refractivity contribution is 0.281. The molecule has 0 radical (unpaired) electrons. The van der Waals surface area contributed by atoms with E-state index in [0.717, 1.165) is 19.5 Å². The third-order valence-corrected chi connectivity index (χ3v) is 3.52. The lowest BCUT2D eigenvalue weighted by Gasteiger charge is -2.19. The average molecular weight is 237 g/mol. The van der Waals surface area contributed by atoms with Crippen molar-refractivity contribution in [1.82, 2.24) is 0 Å². The molecule has 1 saturated heterocycles. The Morgan fingerprint density at radius 1 is 1.47 bits per heavy atom. The van der Waals surface area contributed by atoms with Crippen LogP contribution in [0.25, 0.3) is 0 Å². The molecular weight excluding hydrogens is 217 g/mol. The molecule has 1 aliphatic rings. The van der Waals surface area contributed by atoms with Crippen molar-refractivity contribution in [3.8, 4) is 0 Å². The van der Waals surface area contributed by atoms with Crippen LogP contribution >= 0.6 is 0 Å². The highest BCUT2D eigenvalue weighted by Crippen LogP contribution is 2.28. The molecule has 0 aliphatic carbocycles. The summed E-state index contributed by atoms with van der Waals surface area (Å²) in [4.78, 5) is 2.12. The molecule has 1 heterocycles. The summed E-state index contributed by atoms with van der Waals surface area (Å²) >= 11 is 0. The highest BCUT2D eigenvalue weighted by molar-refractivity contribution is 5.50. The first-order chi connectivity index (χ1) is 8.24. The third kappa shape index (κ3) is 2.78. The van der Waals surface area contributed by atoms with Gasteiger partial charge >= 0.3 is 0 Å². The molecule has 2 nitrogen and oxygen atoms in total. The lowest BCUT2D eigenvalue weighted by atomic mass is 10.0. The van der Waals surface area contributed by atoms with E-state index in [4.69, 9.17) is 5.11 Å². The first-order valence-corrected chi connectivity index (χ1v) is 6.38. The molecule has 0 amide bonds. The summed E-state index contributed by atoms with van der Waals surface area (Å²) in [5.74, 6) is 0.491. The van der Waals surface area contributed by atoms with Crippen molar-refractivity contribution in [3.63, 3.8) is 0 Å². The summed E-state index contributed by atoms with van der Waals surface area (Å²) < 4.78 is 13.8. The highest BCUT2D eigenvalue weighted by Gasteiger charge is 2.23. The first kappa shape index (κ1) is 12.4. The van der Waals surface area contributed by atoms with Crippen molar-refractivity contribution in [1.29, 1.82) is 0 Å². The van der Waals surface area contributed by atoms with E-state index in [9.17, 15) is 4.39 Å². The molecule has 1 fully saturated rings. The van der Waals surface area contributed by atoms with Crippen LogP contribution in [0.4, 0.5) is 10.1 Å². The predicted octanol–water partition coefficient (Wildman–Crippen LogP) is 2.94. The Morgan fingerprint density at radius 2 is 2.29 bits per heavy atom. The number of halogens is 1. The van der Waals surface area contributed by atoms with Crippen LogP contribution in [0.15, 0.2) is 18.2 Å². The van der Waals surface area contributed by atoms with Gasteiger partial charge in [-0.3, -0.25) is 0 Å². The number of anilines is 1. The zero-order valence-corrected chi connectivity index (χ0v) is 10.3. The Balaban J connectivity index is 2.08. The smallest absolute Gasteiger partial charge is 0.146 e. The molecule has 0 bridgehead atoms. The number of nitrogens with zero attached hydrogens (tertiary/aromatic N) is 1. The Bertz CT molecular complexity index is 380. The van der Waals surface area contributed by atoms with E-state index in [1.54, 1.807) is 12.1 Å². The van der Waals surface area contributed by atoms with Crippen LogP contribution < -0.4 is 4.90 Å². The summed E-state index contributed by atoms with van der Waals surface area (Å²) in [6.45, 7) is 4.00. The summed E-state index contributed by atoms with van der Waals surface area (Å²) in [7, 11) is 0. The quantitative estimate of drug-likeness (QED) is 0.870. The standard InChI is InChI=1S/C14H20FNO/c1-2-3-11-6-7-16(9-11)14-5-4-12(10-17)8-13(14)15/h4-5,8,11,17H,2-3,6-7,9-10H2,1H3. The van der Waals surface area contributed by atoms with E-state index in [1.165, 1.54) is 18.9 Å². The molecule has 94 valence electrons. The minimum absolute atomic E-state index is 0.102. The number of rotatable bonds is 4. The summed E-state index contributed by atoms with van der Waals surface area (Å²) in [6.07, 6.45) is 3.59. The molecule has 0 spiro atoms. The topological polar surface area (TPSA) is 23.5 Å². The van der Waals surface area contributed by atoms with Crippen LogP contribution in [0.3, 0.4) is 0 Å². The van der Waals surface area contributed by atoms with E-state index in [1.807, 2.05) is 0 Å². The van der Waals surface area contributed by atoms with Gasteiger partial charge in [-0.15, -0.1) is 0 Å². The van der Waals surface area contributed by atoms with Crippen molar-refractivity contribution in [2.75, 3.05) is 18.0 Å². The molecule has 17 heavy (non-hydrogen) atoms. The van der Waals surface area contributed by atoms with Gasteiger partial charge in [0.25, 0.3) is 0 Å². The molecule has 1 atom stereocenters. The number of aliphatic hydroxyl groups is 1. The maximum absolute atomic E-state index is 13.8. The normalized spacial score (nSPS) is 19.9. The minimum atomic E-state index is -0.214. The van der Waals surface area contributed by atoms with Crippen molar-refractivity contribution in [3.05, 3.63) is 29.6 Å². The maximum atomic E-state index is 13.8. The lowest BCUT2D eigenvalue weighted by Crippen LogP contribution is -2.20. The van der Waals surface area contributed by atoms with E-state index in [0.29, 0.717) is 17.2 Å². The van der Waals surface area contributed by atoms with Gasteiger partial charge in [0.15, 0.2) is 0 Å². The second-order valence-electron chi connectivity index (χ2n) is 4.83. The van der Waals surface area contributed by atoms with Crippen LogP contribution in [-0.4, -0.2) is 18.2 Å². The Morgan fingerprint density at radius 3 is 2.94 bits per heavy atom. The molecule has 3 heteroatoms. The van der Waals surface area contributed by atoms with Gasteiger partial charge in [-0.25, -0.2) is 4.39 Å². The van der Waals surface area contributed by atoms with E-state index in [2.05, 4.69) is 11.8 Å². The first-order valence-electron chi connectivity index (χ1n) is 6.38. The van der Waals surface area contributed by atoms with Gasteiger partial charge in [0.05, 0.1) is 12.3 Å². The Kier molecular flexibility index (Phi) is 4.00. The van der Waals surface area contributed by atoms with Crippen LogP contribution in [0.1, 0.15) is 31.7 Å². The fraction of sp³-hybridized carbons (Fsp3) is 0.571. The zero-order chi connectivity index (χ0) is 12.3. The molecule has 1 N–H and O–H groups in total. The maximum Gasteiger partial charge on any atom is 0.146 e. The Hall–Kier alpha value is -1.09. The molecule has 1 unspecified atom stereocenters. The minimum Gasteiger partial charge on any atom is -0.392 e. The molecule has 1 aromatic carbocycles. The van der Waals surface area contributed by atoms with Gasteiger partial charge in [0.2, 0.25) is 0 Å². The zero-order valence-electron chi connectivity index (χ0n) is 10.3. The van der Waals surface area contributed by atoms with E-state index in [-0.39, 0.29) is 12.4 Å². The second kappa shape index (κ2) is 5.50. The van der Waals surface area contributed by atoms with Gasteiger partial charge < -0.3 is 10.0 Å². The van der Waals surface area contributed by atoms with Gasteiger partial charge in [-0.2, -0.15) is 0 Å². The van der Waals surface area contributed by atoms with Gasteiger partial charge in [-0.05, 0) is 36.5 Å². The van der Waals surface area contributed by atoms with Crippen molar-refractivity contribution >= 4 is 5.69 Å². The number of benzene rings is 1. The highest BCUT2D eigenvalue weighted by atomic mass is 19.1. The monoisotopic (exact) mass is 237 g/mol. The number of hydrogen-bond donors (Lipinski definition) is 1. The third-order valence-electron chi connectivity index (χ3n) is 3.52. The van der Waals surface area contributed by atoms with Gasteiger partial charge in [0.1, 0.15) is 5.82 Å². The van der Waals surface area contributed by atoms with Crippen LogP contribution in [0.5, 0.6) is 0 Å². The summed E-state index contributed by atoms with van der Waals surface area (Å²) in [5.41, 5.74) is 1.32. The molecule has 1 aliphatic heterocycles. The average Bonchev–Trinajstić information content (AvgIpc) is 2.78. The summed E-state index contributed by atoms with van der Waals surface area (Å²) in [5, 5.41) is 8.95. The number of aliphatic hydroxyl groups excluding tert-OH is 1. The number of hydrogen-bond acceptors (Lipinski definition) is 2. The summed E-state index contributed by atoms with van der Waals surface area (Å²) in [6, 6.07) is 5.02. The van der Waals surface area contributed by atoms with Crippen LogP contribution in [0, 0.1) is 11.7 Å². The fourth-order valence-electron chi connectivity index (χ4n) is 2.60.